The largest absolute Gasteiger partial charge is 0.356 e. The summed E-state index contributed by atoms with van der Waals surface area (Å²) in [4.78, 5) is 25.9. The van der Waals surface area contributed by atoms with Gasteiger partial charge in [0.2, 0.25) is 11.8 Å². The minimum atomic E-state index is -0.168. The molecule has 6 nitrogen and oxygen atoms in total. The van der Waals surface area contributed by atoms with E-state index in [0.29, 0.717) is 24.4 Å². The van der Waals surface area contributed by atoms with Crippen LogP contribution in [0.25, 0.3) is 11.3 Å². The Bertz CT molecular complexity index is 712. The van der Waals surface area contributed by atoms with Crippen LogP contribution in [0.3, 0.4) is 0 Å². The van der Waals surface area contributed by atoms with Crippen molar-refractivity contribution in [3.63, 3.8) is 0 Å². The minimum Gasteiger partial charge on any atom is -0.356 e. The van der Waals surface area contributed by atoms with Crippen molar-refractivity contribution in [1.82, 2.24) is 15.4 Å². The SMILES string of the molecule is O=C(CN1CCCCCCC1=O)NCc1cc(-c2ccccc2)on1. The molecule has 1 aliphatic heterocycles. The molecule has 1 aliphatic rings. The van der Waals surface area contributed by atoms with E-state index >= 15 is 0 Å². The first-order valence-electron chi connectivity index (χ1n) is 8.78. The Morgan fingerprint density at radius 2 is 1.96 bits per heavy atom. The molecule has 25 heavy (non-hydrogen) atoms. The molecule has 3 rings (SSSR count). The molecule has 0 saturated carbocycles. The maximum Gasteiger partial charge on any atom is 0.239 e. The molecule has 2 heterocycles. The van der Waals surface area contributed by atoms with Crippen LogP contribution in [0.4, 0.5) is 0 Å². The third kappa shape index (κ3) is 4.92. The highest BCUT2D eigenvalue weighted by Gasteiger charge is 2.18. The number of carbonyl (C=O) groups is 2. The number of aromatic nitrogens is 1. The number of hydrogen-bond donors (Lipinski definition) is 1. The summed E-state index contributed by atoms with van der Waals surface area (Å²) in [5.41, 5.74) is 1.60. The van der Waals surface area contributed by atoms with E-state index in [-0.39, 0.29) is 24.9 Å². The molecule has 1 fully saturated rings. The van der Waals surface area contributed by atoms with Crippen LogP contribution in [0.5, 0.6) is 0 Å². The van der Waals surface area contributed by atoms with Crippen molar-refractivity contribution in [2.24, 2.45) is 0 Å². The molecule has 132 valence electrons. The van der Waals surface area contributed by atoms with Gasteiger partial charge in [0.25, 0.3) is 0 Å². The van der Waals surface area contributed by atoms with Crippen LogP contribution in [0, 0.1) is 0 Å². The number of likely N-dealkylation sites (tertiary alicyclic amines) is 1. The number of hydrogen-bond acceptors (Lipinski definition) is 4. The van der Waals surface area contributed by atoms with Gasteiger partial charge in [-0.05, 0) is 12.8 Å². The van der Waals surface area contributed by atoms with E-state index < -0.39 is 0 Å². The summed E-state index contributed by atoms with van der Waals surface area (Å²) >= 11 is 0. The van der Waals surface area contributed by atoms with Gasteiger partial charge in [0, 0.05) is 24.6 Å². The summed E-state index contributed by atoms with van der Waals surface area (Å²) in [7, 11) is 0. The average molecular weight is 341 g/mol. The fraction of sp³-hybridized carbons (Fsp3) is 0.421. The van der Waals surface area contributed by atoms with Gasteiger partial charge in [0.05, 0.1) is 13.1 Å². The number of benzene rings is 1. The molecule has 0 unspecified atom stereocenters. The normalized spacial score (nSPS) is 15.5. The molecule has 1 N–H and O–H groups in total. The number of nitrogens with one attached hydrogen (secondary N) is 1. The van der Waals surface area contributed by atoms with Crippen molar-refractivity contribution >= 4 is 11.8 Å². The van der Waals surface area contributed by atoms with Crippen molar-refractivity contribution in [3.8, 4) is 11.3 Å². The van der Waals surface area contributed by atoms with E-state index in [1.165, 1.54) is 0 Å². The van der Waals surface area contributed by atoms with Gasteiger partial charge < -0.3 is 14.7 Å². The molecule has 2 amide bonds. The summed E-state index contributed by atoms with van der Waals surface area (Å²) in [5.74, 6) is 0.574. The highest BCUT2D eigenvalue weighted by Crippen LogP contribution is 2.19. The summed E-state index contributed by atoms with van der Waals surface area (Å²) in [5, 5.41) is 6.80. The van der Waals surface area contributed by atoms with Gasteiger partial charge in [-0.2, -0.15) is 0 Å². The molecular formula is C19H23N3O3. The molecule has 0 spiro atoms. The summed E-state index contributed by atoms with van der Waals surface area (Å²) in [6.45, 7) is 1.06. The lowest BCUT2D eigenvalue weighted by Gasteiger charge is -2.24. The van der Waals surface area contributed by atoms with Crippen molar-refractivity contribution in [2.75, 3.05) is 13.1 Å². The van der Waals surface area contributed by atoms with E-state index in [1.807, 2.05) is 36.4 Å². The van der Waals surface area contributed by atoms with Gasteiger partial charge in [-0.3, -0.25) is 9.59 Å². The fourth-order valence-electron chi connectivity index (χ4n) is 2.93. The van der Waals surface area contributed by atoms with Crippen LogP contribution >= 0.6 is 0 Å². The van der Waals surface area contributed by atoms with E-state index in [1.54, 1.807) is 4.90 Å². The second kappa shape index (κ2) is 8.46. The van der Waals surface area contributed by atoms with E-state index in [0.717, 1.165) is 31.2 Å². The first kappa shape index (κ1) is 17.2. The maximum absolute atomic E-state index is 12.1. The van der Waals surface area contributed by atoms with Crippen LogP contribution in [-0.4, -0.2) is 35.0 Å². The van der Waals surface area contributed by atoms with Crippen LogP contribution in [0.15, 0.2) is 40.9 Å². The Morgan fingerprint density at radius 3 is 2.80 bits per heavy atom. The second-order valence-corrected chi connectivity index (χ2v) is 6.30. The quantitative estimate of drug-likeness (QED) is 0.907. The Kier molecular flexibility index (Phi) is 5.82. The Hall–Kier alpha value is -2.63. The zero-order valence-corrected chi connectivity index (χ0v) is 14.2. The van der Waals surface area contributed by atoms with Crippen molar-refractivity contribution < 1.29 is 14.1 Å². The van der Waals surface area contributed by atoms with Crippen molar-refractivity contribution in [3.05, 3.63) is 42.1 Å². The maximum atomic E-state index is 12.1. The van der Waals surface area contributed by atoms with Gasteiger partial charge in [-0.25, -0.2) is 0 Å². The van der Waals surface area contributed by atoms with Crippen LogP contribution in [0.2, 0.25) is 0 Å². The van der Waals surface area contributed by atoms with Gasteiger partial charge >= 0.3 is 0 Å². The Morgan fingerprint density at radius 1 is 1.16 bits per heavy atom. The summed E-state index contributed by atoms with van der Waals surface area (Å²) in [6, 6.07) is 11.5. The summed E-state index contributed by atoms with van der Waals surface area (Å²) in [6.07, 6.45) is 4.63. The molecule has 0 atom stereocenters. The fourth-order valence-corrected chi connectivity index (χ4v) is 2.93. The molecule has 1 aromatic carbocycles. The number of carbonyl (C=O) groups excluding carboxylic acids is 2. The first-order chi connectivity index (χ1) is 12.2. The smallest absolute Gasteiger partial charge is 0.239 e. The number of rotatable bonds is 5. The highest BCUT2D eigenvalue weighted by atomic mass is 16.5. The number of amides is 2. The molecule has 1 aromatic heterocycles. The van der Waals surface area contributed by atoms with Crippen LogP contribution in [-0.2, 0) is 16.1 Å². The molecule has 0 bridgehead atoms. The lowest BCUT2D eigenvalue weighted by molar-refractivity contribution is -0.136. The van der Waals surface area contributed by atoms with E-state index in [9.17, 15) is 9.59 Å². The topological polar surface area (TPSA) is 75.4 Å². The first-order valence-corrected chi connectivity index (χ1v) is 8.78. The Balaban J connectivity index is 1.50. The molecule has 2 aromatic rings. The van der Waals surface area contributed by atoms with Gasteiger partial charge in [-0.15, -0.1) is 0 Å². The van der Waals surface area contributed by atoms with Crippen molar-refractivity contribution in [2.45, 2.75) is 38.6 Å². The molecule has 0 radical (unpaired) electrons. The van der Waals surface area contributed by atoms with E-state index in [4.69, 9.17) is 4.52 Å². The van der Waals surface area contributed by atoms with E-state index in [2.05, 4.69) is 10.5 Å². The van der Waals surface area contributed by atoms with Gasteiger partial charge in [0.1, 0.15) is 5.69 Å². The molecule has 6 heteroatoms. The highest BCUT2D eigenvalue weighted by molar-refractivity contribution is 5.84. The Labute approximate surface area is 147 Å². The molecule has 1 saturated heterocycles. The summed E-state index contributed by atoms with van der Waals surface area (Å²) < 4.78 is 5.31. The predicted molar refractivity (Wildman–Crippen MR) is 93.5 cm³/mol. The van der Waals surface area contributed by atoms with Crippen LogP contribution < -0.4 is 5.32 Å². The standard InChI is InChI=1S/C19H23N3O3/c23-18(14-22-11-7-2-1-6-10-19(22)24)20-13-16-12-17(25-21-16)15-8-4-3-5-9-15/h3-5,8-9,12H,1-2,6-7,10-11,13-14H2,(H,20,23). The second-order valence-electron chi connectivity index (χ2n) is 6.30. The molecule has 0 aliphatic carbocycles. The lowest BCUT2D eigenvalue weighted by atomic mass is 10.1. The average Bonchev–Trinajstić information content (AvgIpc) is 3.10. The number of nitrogens with zero attached hydrogens (tertiary/aromatic N) is 2. The monoisotopic (exact) mass is 341 g/mol. The third-order valence-electron chi connectivity index (χ3n) is 4.34. The predicted octanol–water partition coefficient (Wildman–Crippen LogP) is 2.75. The zero-order valence-electron chi connectivity index (χ0n) is 14.2. The molecular weight excluding hydrogens is 318 g/mol. The minimum absolute atomic E-state index is 0.0719. The third-order valence-corrected chi connectivity index (χ3v) is 4.34. The van der Waals surface area contributed by atoms with Crippen LogP contribution in [0.1, 0.15) is 37.8 Å². The van der Waals surface area contributed by atoms with Gasteiger partial charge in [-0.1, -0.05) is 48.3 Å². The zero-order chi connectivity index (χ0) is 17.5. The van der Waals surface area contributed by atoms with Crippen molar-refractivity contribution in [1.29, 1.82) is 0 Å². The lowest BCUT2D eigenvalue weighted by Crippen LogP contribution is -2.41. The van der Waals surface area contributed by atoms with Gasteiger partial charge in [0.15, 0.2) is 5.76 Å².